The lowest BCUT2D eigenvalue weighted by atomic mass is 10.1. The molecule has 0 heterocycles. The molecule has 0 saturated heterocycles. The second-order valence-electron chi connectivity index (χ2n) is 3.38. The summed E-state index contributed by atoms with van der Waals surface area (Å²) in [5.74, 6) is -0.226. The van der Waals surface area contributed by atoms with Gasteiger partial charge in [-0.2, -0.15) is 0 Å². The van der Waals surface area contributed by atoms with Crippen LogP contribution in [0, 0.1) is 5.82 Å². The third kappa shape index (κ3) is 3.58. The molecule has 15 heavy (non-hydrogen) atoms. The summed E-state index contributed by atoms with van der Waals surface area (Å²) in [6.45, 7) is 0.707. The molecule has 0 aliphatic carbocycles. The van der Waals surface area contributed by atoms with Crippen molar-refractivity contribution in [3.05, 3.63) is 35.6 Å². The number of nitrogens with zero attached hydrogens (tertiary/aromatic N) is 1. The second kappa shape index (κ2) is 5.80. The molecule has 0 aromatic heterocycles. The van der Waals surface area contributed by atoms with Crippen molar-refractivity contribution in [1.82, 2.24) is 10.4 Å². The molecule has 1 rings (SSSR count). The van der Waals surface area contributed by atoms with Crippen molar-refractivity contribution < 1.29 is 9.13 Å². The Balaban J connectivity index is 2.69. The number of ether oxygens (including phenoxy) is 1. The molecular weight excluding hydrogens is 195 g/mol. The van der Waals surface area contributed by atoms with Crippen LogP contribution in [0.1, 0.15) is 11.7 Å². The highest BCUT2D eigenvalue weighted by Crippen LogP contribution is 2.17. The molecule has 0 saturated carbocycles. The van der Waals surface area contributed by atoms with Crippen molar-refractivity contribution in [2.45, 2.75) is 6.10 Å². The molecule has 0 aliphatic heterocycles. The molecule has 1 aromatic carbocycles. The number of hydrogen-bond donors (Lipinski definition) is 1. The molecule has 0 fully saturated rings. The lowest BCUT2D eigenvalue weighted by Gasteiger charge is -2.22. The zero-order valence-corrected chi connectivity index (χ0v) is 9.33. The Labute approximate surface area is 89.8 Å². The highest BCUT2D eigenvalue weighted by atomic mass is 19.1. The fourth-order valence-corrected chi connectivity index (χ4v) is 1.33. The molecule has 84 valence electrons. The Bertz CT molecular complexity index is 289. The molecule has 0 aliphatic rings. The smallest absolute Gasteiger partial charge is 0.123 e. The van der Waals surface area contributed by atoms with Crippen LogP contribution >= 0.6 is 0 Å². The average molecular weight is 212 g/mol. The van der Waals surface area contributed by atoms with Crippen LogP contribution in [0.15, 0.2) is 24.3 Å². The maximum Gasteiger partial charge on any atom is 0.123 e. The highest BCUT2D eigenvalue weighted by Gasteiger charge is 2.12. The standard InChI is InChI=1S/C11H17FN2O/c1-13-14(2)8-11(15-3)9-4-6-10(12)7-5-9/h4-7,11,13H,8H2,1-3H3. The van der Waals surface area contributed by atoms with Crippen LogP contribution in [0.2, 0.25) is 0 Å². The van der Waals surface area contributed by atoms with Gasteiger partial charge in [-0.25, -0.2) is 9.40 Å². The first-order chi connectivity index (χ1) is 7.17. The van der Waals surface area contributed by atoms with Crippen molar-refractivity contribution in [2.75, 3.05) is 27.7 Å². The number of likely N-dealkylation sites (N-methyl/N-ethyl adjacent to an activating group) is 1. The minimum absolute atomic E-state index is 0.0527. The van der Waals surface area contributed by atoms with Gasteiger partial charge in [-0.1, -0.05) is 12.1 Å². The van der Waals surface area contributed by atoms with Crippen molar-refractivity contribution in [2.24, 2.45) is 0 Å². The number of rotatable bonds is 5. The van der Waals surface area contributed by atoms with Crippen LogP contribution in [0.3, 0.4) is 0 Å². The van der Waals surface area contributed by atoms with Crippen molar-refractivity contribution in [1.29, 1.82) is 0 Å². The molecule has 0 spiro atoms. The fraction of sp³-hybridized carbons (Fsp3) is 0.455. The molecule has 1 N–H and O–H groups in total. The number of methoxy groups -OCH3 is 1. The van der Waals surface area contributed by atoms with Crippen molar-refractivity contribution in [3.63, 3.8) is 0 Å². The Morgan fingerprint density at radius 3 is 2.47 bits per heavy atom. The van der Waals surface area contributed by atoms with E-state index in [1.54, 1.807) is 19.2 Å². The van der Waals surface area contributed by atoms with Crippen molar-refractivity contribution >= 4 is 0 Å². The summed E-state index contributed by atoms with van der Waals surface area (Å²) in [5.41, 5.74) is 3.96. The molecule has 0 radical (unpaired) electrons. The van der Waals surface area contributed by atoms with Gasteiger partial charge in [0.05, 0.1) is 6.10 Å². The van der Waals surface area contributed by atoms with Gasteiger partial charge in [0, 0.05) is 20.7 Å². The summed E-state index contributed by atoms with van der Waals surface area (Å²) in [6, 6.07) is 6.38. The number of nitrogens with one attached hydrogen (secondary N) is 1. The van der Waals surface area contributed by atoms with E-state index in [-0.39, 0.29) is 11.9 Å². The van der Waals surface area contributed by atoms with E-state index >= 15 is 0 Å². The maximum absolute atomic E-state index is 12.7. The number of hydrogen-bond acceptors (Lipinski definition) is 3. The fourth-order valence-electron chi connectivity index (χ4n) is 1.33. The van der Waals surface area contributed by atoms with E-state index in [4.69, 9.17) is 4.74 Å². The lowest BCUT2D eigenvalue weighted by Crippen LogP contribution is -2.35. The van der Waals surface area contributed by atoms with E-state index in [9.17, 15) is 4.39 Å². The predicted octanol–water partition coefficient (Wildman–Crippen LogP) is 1.58. The number of hydrazine groups is 1. The summed E-state index contributed by atoms with van der Waals surface area (Å²) in [6.07, 6.45) is -0.0527. The third-order valence-corrected chi connectivity index (χ3v) is 2.35. The zero-order chi connectivity index (χ0) is 11.3. The van der Waals surface area contributed by atoms with Crippen LogP contribution in [0.4, 0.5) is 4.39 Å². The molecule has 0 bridgehead atoms. The van der Waals surface area contributed by atoms with Gasteiger partial charge < -0.3 is 4.74 Å². The first-order valence-electron chi connectivity index (χ1n) is 4.84. The lowest BCUT2D eigenvalue weighted by molar-refractivity contribution is 0.0590. The topological polar surface area (TPSA) is 24.5 Å². The quantitative estimate of drug-likeness (QED) is 0.750. The van der Waals surface area contributed by atoms with E-state index in [1.807, 2.05) is 19.1 Å². The number of benzene rings is 1. The van der Waals surface area contributed by atoms with E-state index in [2.05, 4.69) is 5.43 Å². The van der Waals surface area contributed by atoms with Gasteiger partial charge in [0.15, 0.2) is 0 Å². The van der Waals surface area contributed by atoms with E-state index in [0.29, 0.717) is 6.54 Å². The van der Waals surface area contributed by atoms with Crippen LogP contribution in [-0.2, 0) is 4.74 Å². The van der Waals surface area contributed by atoms with Gasteiger partial charge in [0.25, 0.3) is 0 Å². The number of halogens is 1. The summed E-state index contributed by atoms with van der Waals surface area (Å²) < 4.78 is 18.1. The third-order valence-electron chi connectivity index (χ3n) is 2.35. The van der Waals surface area contributed by atoms with Crippen LogP contribution in [-0.4, -0.2) is 32.8 Å². The predicted molar refractivity (Wildman–Crippen MR) is 57.8 cm³/mol. The van der Waals surface area contributed by atoms with Gasteiger partial charge in [0.1, 0.15) is 5.82 Å². The van der Waals surface area contributed by atoms with E-state index in [1.165, 1.54) is 12.1 Å². The minimum Gasteiger partial charge on any atom is -0.375 e. The molecule has 1 aromatic rings. The van der Waals surface area contributed by atoms with E-state index in [0.717, 1.165) is 5.56 Å². The van der Waals surface area contributed by atoms with Crippen LogP contribution in [0.25, 0.3) is 0 Å². The normalized spacial score (nSPS) is 13.1. The van der Waals surface area contributed by atoms with Gasteiger partial charge in [-0.05, 0) is 24.7 Å². The van der Waals surface area contributed by atoms with Gasteiger partial charge >= 0.3 is 0 Å². The first kappa shape index (κ1) is 12.1. The monoisotopic (exact) mass is 212 g/mol. The Hall–Kier alpha value is -0.970. The summed E-state index contributed by atoms with van der Waals surface area (Å²) in [4.78, 5) is 0. The van der Waals surface area contributed by atoms with E-state index < -0.39 is 0 Å². The Morgan fingerprint density at radius 1 is 1.40 bits per heavy atom. The molecule has 1 unspecified atom stereocenters. The second-order valence-corrected chi connectivity index (χ2v) is 3.38. The first-order valence-corrected chi connectivity index (χ1v) is 4.84. The maximum atomic E-state index is 12.7. The van der Waals surface area contributed by atoms with Gasteiger partial charge in [0.2, 0.25) is 0 Å². The van der Waals surface area contributed by atoms with Crippen LogP contribution in [0.5, 0.6) is 0 Å². The van der Waals surface area contributed by atoms with Gasteiger partial charge in [-0.15, -0.1) is 0 Å². The Morgan fingerprint density at radius 2 is 2.00 bits per heavy atom. The molecular formula is C11H17FN2O. The van der Waals surface area contributed by atoms with Crippen molar-refractivity contribution in [3.8, 4) is 0 Å². The molecule has 0 amide bonds. The minimum atomic E-state index is -0.226. The molecule has 4 heteroatoms. The summed E-state index contributed by atoms with van der Waals surface area (Å²) >= 11 is 0. The van der Waals surface area contributed by atoms with Crippen LogP contribution < -0.4 is 5.43 Å². The average Bonchev–Trinajstić information content (AvgIpc) is 2.27. The molecule has 1 atom stereocenters. The highest BCUT2D eigenvalue weighted by molar-refractivity contribution is 5.19. The Kier molecular flexibility index (Phi) is 4.68. The largest absolute Gasteiger partial charge is 0.375 e. The zero-order valence-electron chi connectivity index (χ0n) is 9.33. The summed E-state index contributed by atoms with van der Waals surface area (Å²) in [5, 5.41) is 1.91. The molecule has 3 nitrogen and oxygen atoms in total. The summed E-state index contributed by atoms with van der Waals surface area (Å²) in [7, 11) is 5.42. The van der Waals surface area contributed by atoms with Gasteiger partial charge in [-0.3, -0.25) is 5.43 Å². The SMILES string of the molecule is CNN(C)CC(OC)c1ccc(F)cc1.